The van der Waals surface area contributed by atoms with Crippen LogP contribution in [-0.4, -0.2) is 54.3 Å². The number of sulfonamides is 1. The molecular formula is C24H28F2N2O4S. The molecule has 9 heteroatoms. The van der Waals surface area contributed by atoms with Gasteiger partial charge in [0.25, 0.3) is 5.91 Å². The molecule has 2 aromatic carbocycles. The second-order valence-electron chi connectivity index (χ2n) is 8.92. The van der Waals surface area contributed by atoms with Crippen molar-refractivity contribution < 1.29 is 27.1 Å². The van der Waals surface area contributed by atoms with E-state index in [4.69, 9.17) is 0 Å². The smallest absolute Gasteiger partial charge is 0.251 e. The Labute approximate surface area is 192 Å². The number of aliphatic hydroxyl groups excluding tert-OH is 1. The van der Waals surface area contributed by atoms with Crippen LogP contribution < -0.4 is 4.72 Å². The number of aliphatic hydroxyl groups is 1. The summed E-state index contributed by atoms with van der Waals surface area (Å²) in [5, 5.41) is 9.98. The molecule has 0 radical (unpaired) electrons. The lowest BCUT2D eigenvalue weighted by atomic mass is 9.66. The van der Waals surface area contributed by atoms with Crippen molar-refractivity contribution in [2.75, 3.05) is 5.75 Å². The number of fused-ring (bicyclic) bond motifs is 2. The normalized spacial score (nSPS) is 25.4. The molecule has 178 valence electrons. The number of piperidine rings is 2. The van der Waals surface area contributed by atoms with Crippen molar-refractivity contribution >= 4 is 15.9 Å². The Morgan fingerprint density at radius 3 is 2.48 bits per heavy atom. The van der Waals surface area contributed by atoms with Gasteiger partial charge in [-0.3, -0.25) is 4.79 Å². The topological polar surface area (TPSA) is 86.7 Å². The van der Waals surface area contributed by atoms with Crippen LogP contribution in [0.25, 0.3) is 11.1 Å². The fraction of sp³-hybridized carbons (Fsp3) is 0.458. The highest BCUT2D eigenvalue weighted by Gasteiger charge is 2.53. The zero-order valence-electron chi connectivity index (χ0n) is 18.5. The Balaban J connectivity index is 1.75. The predicted octanol–water partition coefficient (Wildman–Crippen LogP) is 2.85. The lowest BCUT2D eigenvalue weighted by molar-refractivity contribution is -0.157. The van der Waals surface area contributed by atoms with Crippen LogP contribution in [0, 0.1) is 17.6 Å². The molecule has 2 heterocycles. The molecule has 1 aliphatic carbocycles. The van der Waals surface area contributed by atoms with E-state index in [9.17, 15) is 22.7 Å². The Morgan fingerprint density at radius 1 is 1.21 bits per heavy atom. The summed E-state index contributed by atoms with van der Waals surface area (Å²) in [6, 6.07) is 9.27. The number of halogens is 2. The van der Waals surface area contributed by atoms with Crippen LogP contribution in [0.1, 0.15) is 32.3 Å². The lowest BCUT2D eigenvalue weighted by Crippen LogP contribution is -2.71. The first-order valence-electron chi connectivity index (χ1n) is 11.1. The van der Waals surface area contributed by atoms with Gasteiger partial charge in [-0.1, -0.05) is 30.3 Å². The van der Waals surface area contributed by atoms with Crippen molar-refractivity contribution in [3.63, 3.8) is 0 Å². The van der Waals surface area contributed by atoms with Gasteiger partial charge in [0.15, 0.2) is 0 Å². The lowest BCUT2D eigenvalue weighted by Gasteiger charge is -2.58. The molecule has 33 heavy (non-hydrogen) atoms. The summed E-state index contributed by atoms with van der Waals surface area (Å²) in [5.74, 6) is -1.91. The van der Waals surface area contributed by atoms with Crippen LogP contribution in [-0.2, 0) is 21.2 Å². The molecule has 6 nitrogen and oxygen atoms in total. The van der Waals surface area contributed by atoms with Gasteiger partial charge in [0.1, 0.15) is 17.7 Å². The molecule has 0 aromatic heterocycles. The van der Waals surface area contributed by atoms with Crippen molar-refractivity contribution in [1.29, 1.82) is 0 Å². The number of hydrogen-bond acceptors (Lipinski definition) is 4. The number of benzene rings is 2. The molecule has 2 bridgehead atoms. The molecule has 2 aromatic rings. The maximum absolute atomic E-state index is 15.6. The van der Waals surface area contributed by atoms with Gasteiger partial charge < -0.3 is 10.0 Å². The fourth-order valence-electron chi connectivity index (χ4n) is 5.01. The van der Waals surface area contributed by atoms with E-state index < -0.39 is 45.8 Å². The van der Waals surface area contributed by atoms with E-state index in [2.05, 4.69) is 4.72 Å². The summed E-state index contributed by atoms with van der Waals surface area (Å²) in [6.07, 6.45) is -0.156. The van der Waals surface area contributed by atoms with Gasteiger partial charge in [-0.15, -0.1) is 0 Å². The third-order valence-corrected chi connectivity index (χ3v) is 8.15. The molecule has 5 rings (SSSR count). The van der Waals surface area contributed by atoms with E-state index in [1.807, 2.05) is 0 Å². The first-order valence-corrected chi connectivity index (χ1v) is 12.8. The van der Waals surface area contributed by atoms with E-state index in [1.165, 1.54) is 18.7 Å². The van der Waals surface area contributed by atoms with Gasteiger partial charge in [0.2, 0.25) is 10.0 Å². The van der Waals surface area contributed by atoms with Crippen molar-refractivity contribution in [1.82, 2.24) is 9.62 Å². The molecule has 2 aliphatic heterocycles. The summed E-state index contributed by atoms with van der Waals surface area (Å²) in [4.78, 5) is 14.4. The van der Waals surface area contributed by atoms with Crippen molar-refractivity contribution in [3.05, 3.63) is 59.7 Å². The minimum Gasteiger partial charge on any atom is -0.384 e. The Bertz CT molecular complexity index is 1130. The zero-order chi connectivity index (χ0) is 23.9. The minimum atomic E-state index is -3.61. The number of rotatable bonds is 7. The Morgan fingerprint density at radius 2 is 1.88 bits per heavy atom. The van der Waals surface area contributed by atoms with Crippen LogP contribution in [0.4, 0.5) is 8.78 Å². The second-order valence-corrected chi connectivity index (χ2v) is 11.0. The molecule has 2 saturated heterocycles. The van der Waals surface area contributed by atoms with Gasteiger partial charge in [-0.05, 0) is 62.3 Å². The summed E-state index contributed by atoms with van der Waals surface area (Å²) in [6.45, 7) is 2.87. The standard InChI is InChI=1S/C24H28F2N2O4S/c1-3-33(31,32)27-23-17-10-19(11-17)28(24(30)14(2)29)21(23)12-16-9-18(25)13-20(22(16)26)15-7-5-4-6-8-15/h4-9,13-14,17,19,21,23,27,29H,3,10-12H2,1-2H3/t14-,17?,19?,21?,23?/m1/s1. The van der Waals surface area contributed by atoms with Crippen LogP contribution in [0.3, 0.4) is 0 Å². The van der Waals surface area contributed by atoms with Crippen LogP contribution in [0.2, 0.25) is 0 Å². The van der Waals surface area contributed by atoms with Gasteiger partial charge >= 0.3 is 0 Å². The fourth-order valence-corrected chi connectivity index (χ4v) is 5.94. The highest BCUT2D eigenvalue weighted by Crippen LogP contribution is 2.45. The minimum absolute atomic E-state index is 0.00964. The predicted molar refractivity (Wildman–Crippen MR) is 121 cm³/mol. The number of carbonyl (C=O) groups is 1. The summed E-state index contributed by atoms with van der Waals surface area (Å²) < 4.78 is 57.6. The maximum Gasteiger partial charge on any atom is 0.251 e. The molecule has 0 spiro atoms. The van der Waals surface area contributed by atoms with E-state index in [0.29, 0.717) is 18.4 Å². The van der Waals surface area contributed by atoms with Gasteiger partial charge in [0, 0.05) is 17.6 Å². The average molecular weight is 479 g/mol. The van der Waals surface area contributed by atoms with Crippen molar-refractivity contribution in [3.8, 4) is 11.1 Å². The molecule has 3 atom stereocenters. The molecule has 1 saturated carbocycles. The van der Waals surface area contributed by atoms with Gasteiger partial charge in [0.05, 0.1) is 11.8 Å². The highest BCUT2D eigenvalue weighted by atomic mass is 32.2. The Hall–Kier alpha value is -2.36. The quantitative estimate of drug-likeness (QED) is 0.641. The largest absolute Gasteiger partial charge is 0.384 e. The first kappa shape index (κ1) is 23.8. The summed E-state index contributed by atoms with van der Waals surface area (Å²) >= 11 is 0. The number of hydrogen-bond donors (Lipinski definition) is 2. The van der Waals surface area contributed by atoms with Gasteiger partial charge in [-0.2, -0.15) is 0 Å². The van der Waals surface area contributed by atoms with Crippen LogP contribution in [0.15, 0.2) is 42.5 Å². The SMILES string of the molecule is CCS(=O)(=O)NC1C2CC(C2)N(C(=O)[C@@H](C)O)C1Cc1cc(F)cc(-c2ccccc2)c1F. The van der Waals surface area contributed by atoms with Crippen molar-refractivity contribution in [2.24, 2.45) is 5.92 Å². The van der Waals surface area contributed by atoms with Crippen molar-refractivity contribution in [2.45, 2.75) is 57.3 Å². The number of amides is 1. The number of nitrogens with zero attached hydrogens (tertiary/aromatic N) is 1. The molecular weight excluding hydrogens is 450 g/mol. The molecule has 3 aliphatic rings. The first-order chi connectivity index (χ1) is 15.6. The molecule has 2 N–H and O–H groups in total. The monoisotopic (exact) mass is 478 g/mol. The van der Waals surface area contributed by atoms with Crippen LogP contribution >= 0.6 is 0 Å². The van der Waals surface area contributed by atoms with Gasteiger partial charge in [-0.25, -0.2) is 21.9 Å². The van der Waals surface area contributed by atoms with Crippen LogP contribution in [0.5, 0.6) is 0 Å². The van der Waals surface area contributed by atoms with E-state index in [-0.39, 0.29) is 35.3 Å². The third kappa shape index (κ3) is 4.67. The number of carbonyl (C=O) groups excluding carboxylic acids is 1. The average Bonchev–Trinajstić information content (AvgIpc) is 2.75. The Kier molecular flexibility index (Phi) is 6.57. The molecule has 1 amide bonds. The third-order valence-electron chi connectivity index (χ3n) is 6.76. The summed E-state index contributed by atoms with van der Waals surface area (Å²) in [7, 11) is -3.61. The van der Waals surface area contributed by atoms with E-state index in [1.54, 1.807) is 30.3 Å². The van der Waals surface area contributed by atoms with E-state index >= 15 is 4.39 Å². The molecule has 3 fully saturated rings. The second kappa shape index (κ2) is 9.12. The maximum atomic E-state index is 15.6. The number of nitrogens with one attached hydrogen (secondary N) is 1. The summed E-state index contributed by atoms with van der Waals surface area (Å²) in [5.41, 5.74) is 0.678. The zero-order valence-corrected chi connectivity index (χ0v) is 19.4. The highest BCUT2D eigenvalue weighted by molar-refractivity contribution is 7.89. The molecule has 2 unspecified atom stereocenters. The van der Waals surface area contributed by atoms with E-state index in [0.717, 1.165) is 12.1 Å².